The van der Waals surface area contributed by atoms with E-state index < -0.39 is 5.97 Å². The SMILES string of the molecule is COC(=O)c1c(NC(=O)c2ccc(C(=O)c3ccccc3)cc2)sc2c1CCN(Cc1ccccc1)C2.Cl. The molecule has 0 radical (unpaired) electrons. The van der Waals surface area contributed by atoms with Crippen molar-refractivity contribution in [2.75, 3.05) is 19.0 Å². The number of hydrogen-bond acceptors (Lipinski definition) is 6. The molecule has 0 fully saturated rings. The van der Waals surface area contributed by atoms with Gasteiger partial charge in [0.1, 0.15) is 5.00 Å². The number of hydrogen-bond donors (Lipinski definition) is 1. The molecule has 5 rings (SSSR count). The molecule has 0 aliphatic carbocycles. The molecule has 2 heterocycles. The average Bonchev–Trinajstić information content (AvgIpc) is 3.30. The van der Waals surface area contributed by atoms with E-state index in [1.807, 2.05) is 36.4 Å². The Kier molecular flexibility index (Phi) is 8.73. The Bertz CT molecular complexity index is 1440. The van der Waals surface area contributed by atoms with Crippen molar-refractivity contribution >= 4 is 46.4 Å². The highest BCUT2D eigenvalue weighted by atomic mass is 35.5. The van der Waals surface area contributed by atoms with Gasteiger partial charge in [0.15, 0.2) is 5.78 Å². The van der Waals surface area contributed by atoms with Crippen LogP contribution in [0.25, 0.3) is 0 Å². The van der Waals surface area contributed by atoms with Gasteiger partial charge in [-0.1, -0.05) is 72.8 Å². The highest BCUT2D eigenvalue weighted by molar-refractivity contribution is 7.17. The maximum atomic E-state index is 13.1. The van der Waals surface area contributed by atoms with Crippen LogP contribution in [0.4, 0.5) is 5.00 Å². The van der Waals surface area contributed by atoms with Gasteiger partial charge in [0, 0.05) is 41.2 Å². The third-order valence-electron chi connectivity index (χ3n) is 6.45. The molecule has 6 nitrogen and oxygen atoms in total. The third kappa shape index (κ3) is 5.86. The molecule has 0 atom stereocenters. The van der Waals surface area contributed by atoms with Crippen molar-refractivity contribution in [1.29, 1.82) is 0 Å². The number of ether oxygens (including phenoxy) is 1. The minimum absolute atomic E-state index is 0. The Morgan fingerprint density at radius 3 is 2.13 bits per heavy atom. The maximum absolute atomic E-state index is 13.1. The van der Waals surface area contributed by atoms with Crippen molar-refractivity contribution in [3.8, 4) is 0 Å². The van der Waals surface area contributed by atoms with E-state index in [-0.39, 0.29) is 24.1 Å². The number of fused-ring (bicyclic) bond motifs is 1. The number of benzene rings is 3. The second-order valence-corrected chi connectivity index (χ2v) is 9.98. The number of rotatable bonds is 7. The number of nitrogens with one attached hydrogen (secondary N) is 1. The summed E-state index contributed by atoms with van der Waals surface area (Å²) in [5.74, 6) is -0.900. The van der Waals surface area contributed by atoms with Gasteiger partial charge in [0.05, 0.1) is 12.7 Å². The number of nitrogens with zero attached hydrogens (tertiary/aromatic N) is 1. The summed E-state index contributed by atoms with van der Waals surface area (Å²) in [7, 11) is 1.35. The summed E-state index contributed by atoms with van der Waals surface area (Å²) in [5.41, 5.74) is 4.11. The lowest BCUT2D eigenvalue weighted by Gasteiger charge is -2.27. The first-order chi connectivity index (χ1) is 18.0. The topological polar surface area (TPSA) is 75.7 Å². The largest absolute Gasteiger partial charge is 0.465 e. The summed E-state index contributed by atoms with van der Waals surface area (Å²) in [6.45, 7) is 2.33. The number of amides is 1. The van der Waals surface area contributed by atoms with Gasteiger partial charge in [-0.2, -0.15) is 0 Å². The molecule has 4 aromatic rings. The first kappa shape index (κ1) is 27.3. The summed E-state index contributed by atoms with van der Waals surface area (Å²) in [4.78, 5) is 41.9. The molecule has 38 heavy (non-hydrogen) atoms. The van der Waals surface area contributed by atoms with Gasteiger partial charge in [0.2, 0.25) is 0 Å². The van der Waals surface area contributed by atoms with Gasteiger partial charge in [-0.3, -0.25) is 14.5 Å². The van der Waals surface area contributed by atoms with E-state index in [0.29, 0.717) is 40.2 Å². The molecule has 1 aliphatic rings. The Hall–Kier alpha value is -3.78. The monoisotopic (exact) mass is 546 g/mol. The number of esters is 1. The van der Waals surface area contributed by atoms with Gasteiger partial charge in [0.25, 0.3) is 5.91 Å². The Morgan fingerprint density at radius 1 is 0.868 bits per heavy atom. The average molecular weight is 547 g/mol. The molecule has 1 aliphatic heterocycles. The molecular weight excluding hydrogens is 520 g/mol. The molecule has 1 N–H and O–H groups in total. The fraction of sp³-hybridized carbons (Fsp3) is 0.167. The standard InChI is InChI=1S/C30H26N2O4S.ClH/c1-36-30(35)26-24-16-17-32(18-20-8-4-2-5-9-20)19-25(24)37-29(26)31-28(34)23-14-12-22(13-15-23)27(33)21-10-6-3-7-11-21;/h2-15H,16-19H2,1H3,(H,31,34);1H. The highest BCUT2D eigenvalue weighted by Crippen LogP contribution is 2.38. The first-order valence-electron chi connectivity index (χ1n) is 12.0. The van der Waals surface area contributed by atoms with E-state index >= 15 is 0 Å². The summed E-state index contributed by atoms with van der Waals surface area (Å²) in [6, 6.07) is 25.8. The number of thiophene rings is 1. The van der Waals surface area contributed by atoms with Gasteiger partial charge in [-0.05, 0) is 29.7 Å². The fourth-order valence-electron chi connectivity index (χ4n) is 4.54. The summed E-state index contributed by atoms with van der Waals surface area (Å²) in [5, 5.41) is 3.41. The van der Waals surface area contributed by atoms with Crippen molar-refractivity contribution in [1.82, 2.24) is 4.90 Å². The van der Waals surface area contributed by atoms with Gasteiger partial charge >= 0.3 is 5.97 Å². The molecule has 1 aromatic heterocycles. The van der Waals surface area contributed by atoms with Crippen LogP contribution in [0.5, 0.6) is 0 Å². The van der Waals surface area contributed by atoms with E-state index in [4.69, 9.17) is 4.74 Å². The molecule has 0 saturated carbocycles. The fourth-order valence-corrected chi connectivity index (χ4v) is 5.82. The van der Waals surface area contributed by atoms with E-state index in [1.54, 1.807) is 36.4 Å². The van der Waals surface area contributed by atoms with Crippen LogP contribution in [-0.2, 0) is 24.2 Å². The molecule has 0 bridgehead atoms. The molecule has 8 heteroatoms. The number of halogens is 1. The van der Waals surface area contributed by atoms with Crippen LogP contribution in [0.1, 0.15) is 52.6 Å². The third-order valence-corrected chi connectivity index (χ3v) is 7.58. The minimum atomic E-state index is -0.451. The number of anilines is 1. The number of ketones is 1. The molecular formula is C30H27ClN2O4S. The molecule has 1 amide bonds. The minimum Gasteiger partial charge on any atom is -0.465 e. The maximum Gasteiger partial charge on any atom is 0.341 e. The van der Waals surface area contributed by atoms with E-state index in [9.17, 15) is 14.4 Å². The van der Waals surface area contributed by atoms with E-state index in [0.717, 1.165) is 23.5 Å². The summed E-state index contributed by atoms with van der Waals surface area (Å²) < 4.78 is 5.06. The zero-order valence-electron chi connectivity index (χ0n) is 20.8. The first-order valence-corrected chi connectivity index (χ1v) is 12.9. The number of carbonyl (C=O) groups excluding carboxylic acids is 3. The normalized spacial score (nSPS) is 12.7. The summed E-state index contributed by atoms with van der Waals surface area (Å²) >= 11 is 1.42. The lowest BCUT2D eigenvalue weighted by Crippen LogP contribution is -2.29. The lowest BCUT2D eigenvalue weighted by molar-refractivity contribution is 0.0600. The van der Waals surface area contributed by atoms with Crippen LogP contribution in [0.2, 0.25) is 0 Å². The van der Waals surface area contributed by atoms with Gasteiger partial charge in [-0.25, -0.2) is 4.79 Å². The Balaban J connectivity index is 0.00000336. The Labute approximate surface area is 231 Å². The van der Waals surface area contributed by atoms with Crippen molar-refractivity contribution in [3.63, 3.8) is 0 Å². The van der Waals surface area contributed by atoms with Crippen LogP contribution in [-0.4, -0.2) is 36.2 Å². The van der Waals surface area contributed by atoms with Crippen LogP contribution in [0, 0.1) is 0 Å². The van der Waals surface area contributed by atoms with Gasteiger partial charge in [-0.15, -0.1) is 23.7 Å². The quantitative estimate of drug-likeness (QED) is 0.227. The van der Waals surface area contributed by atoms with E-state index in [1.165, 1.54) is 24.0 Å². The molecule has 3 aromatic carbocycles. The molecule has 194 valence electrons. The Morgan fingerprint density at radius 2 is 1.47 bits per heavy atom. The van der Waals surface area contributed by atoms with Gasteiger partial charge < -0.3 is 10.1 Å². The van der Waals surface area contributed by atoms with Crippen molar-refractivity contribution < 1.29 is 19.1 Å². The van der Waals surface area contributed by atoms with Crippen LogP contribution < -0.4 is 5.32 Å². The second-order valence-electron chi connectivity index (χ2n) is 8.87. The van der Waals surface area contributed by atoms with Crippen LogP contribution >= 0.6 is 23.7 Å². The summed E-state index contributed by atoms with van der Waals surface area (Å²) in [6.07, 6.45) is 0.704. The van der Waals surface area contributed by atoms with Crippen molar-refractivity contribution in [3.05, 3.63) is 123 Å². The predicted octanol–water partition coefficient (Wildman–Crippen LogP) is 6.00. The smallest absolute Gasteiger partial charge is 0.341 e. The molecule has 0 unspecified atom stereocenters. The molecule has 0 spiro atoms. The second kappa shape index (κ2) is 12.2. The predicted molar refractivity (Wildman–Crippen MR) is 151 cm³/mol. The van der Waals surface area contributed by atoms with Crippen molar-refractivity contribution in [2.45, 2.75) is 19.5 Å². The highest BCUT2D eigenvalue weighted by Gasteiger charge is 2.29. The number of methoxy groups -OCH3 is 1. The van der Waals surface area contributed by atoms with Crippen molar-refractivity contribution in [2.24, 2.45) is 0 Å². The van der Waals surface area contributed by atoms with E-state index in [2.05, 4.69) is 22.3 Å². The number of carbonyl (C=O) groups is 3. The zero-order chi connectivity index (χ0) is 25.8. The zero-order valence-corrected chi connectivity index (χ0v) is 22.4. The van der Waals surface area contributed by atoms with Crippen LogP contribution in [0.3, 0.4) is 0 Å². The lowest BCUT2D eigenvalue weighted by atomic mass is 10.0. The van der Waals surface area contributed by atoms with Crippen LogP contribution in [0.15, 0.2) is 84.9 Å². The molecule has 0 saturated heterocycles.